The molecule has 1 heterocycles. The first kappa shape index (κ1) is 30.7. The summed E-state index contributed by atoms with van der Waals surface area (Å²) in [5.41, 5.74) is 1.45. The number of carbonyl (C=O) groups is 3. The average Bonchev–Trinajstić information content (AvgIpc) is 3.22. The van der Waals surface area contributed by atoms with Crippen LogP contribution < -0.4 is 5.32 Å². The molecule has 220 valence electrons. The Labute approximate surface area is 246 Å². The number of hydrogen-bond acceptors (Lipinski definition) is 4. The van der Waals surface area contributed by atoms with Gasteiger partial charge in [-0.25, -0.2) is 4.39 Å². The van der Waals surface area contributed by atoms with Crippen LogP contribution in [0.4, 0.5) is 4.39 Å². The van der Waals surface area contributed by atoms with Gasteiger partial charge in [0.25, 0.3) is 11.8 Å². The second kappa shape index (κ2) is 13.1. The summed E-state index contributed by atoms with van der Waals surface area (Å²) in [6.07, 6.45) is 5.83. The molecule has 1 atom stereocenters. The molecule has 1 fully saturated rings. The lowest BCUT2D eigenvalue weighted by molar-refractivity contribution is -0.137. The highest BCUT2D eigenvalue weighted by Gasteiger charge is 2.52. The Kier molecular flexibility index (Phi) is 9.84. The third kappa shape index (κ3) is 6.80. The van der Waals surface area contributed by atoms with Crippen LogP contribution in [0.25, 0.3) is 0 Å². The number of nitrogens with one attached hydrogen (secondary N) is 1. The predicted octanol–water partition coefficient (Wildman–Crippen LogP) is 6.79. The lowest BCUT2D eigenvalue weighted by Crippen LogP contribution is -2.51. The zero-order chi connectivity index (χ0) is 29.7. The highest BCUT2D eigenvalue weighted by atomic mass is 35.5. The molecule has 2 aromatic carbocycles. The molecule has 1 unspecified atom stereocenters. The van der Waals surface area contributed by atoms with Gasteiger partial charge in [-0.15, -0.1) is 0 Å². The number of nitrogens with zero attached hydrogens (tertiary/aromatic N) is 2. The zero-order valence-electron chi connectivity index (χ0n) is 24.0. The lowest BCUT2D eigenvalue weighted by Gasteiger charge is -2.46. The summed E-state index contributed by atoms with van der Waals surface area (Å²) in [6.45, 7) is 6.63. The maximum atomic E-state index is 14.3. The first-order valence-corrected chi connectivity index (χ1v) is 14.9. The van der Waals surface area contributed by atoms with Crippen molar-refractivity contribution in [1.29, 1.82) is 0 Å². The molecular formula is C32H39ClFN3O4. The quantitative estimate of drug-likeness (QED) is 0.304. The summed E-state index contributed by atoms with van der Waals surface area (Å²) >= 11 is 6.11. The highest BCUT2D eigenvalue weighted by Crippen LogP contribution is 2.48. The van der Waals surface area contributed by atoms with Gasteiger partial charge in [0.2, 0.25) is 0 Å². The molecule has 2 amide bonds. The number of hydrogen-bond donors (Lipinski definition) is 2. The van der Waals surface area contributed by atoms with Gasteiger partial charge in [-0.3, -0.25) is 19.4 Å². The molecule has 41 heavy (non-hydrogen) atoms. The molecule has 9 heteroatoms. The maximum Gasteiger partial charge on any atom is 0.305 e. The summed E-state index contributed by atoms with van der Waals surface area (Å²) in [6, 6.07) is 11.2. The fourth-order valence-electron chi connectivity index (χ4n) is 6.08. The van der Waals surface area contributed by atoms with Gasteiger partial charge in [0.05, 0.1) is 17.5 Å². The van der Waals surface area contributed by atoms with Gasteiger partial charge < -0.3 is 15.3 Å². The van der Waals surface area contributed by atoms with Crippen LogP contribution in [0.5, 0.6) is 0 Å². The highest BCUT2D eigenvalue weighted by molar-refractivity contribution is 6.47. The van der Waals surface area contributed by atoms with Crippen LogP contribution in [0.2, 0.25) is 5.02 Å². The predicted molar refractivity (Wildman–Crippen MR) is 158 cm³/mol. The normalized spacial score (nSPS) is 21.3. The van der Waals surface area contributed by atoms with E-state index in [1.807, 2.05) is 17.0 Å². The summed E-state index contributed by atoms with van der Waals surface area (Å²) in [7, 11) is 0. The molecule has 0 bridgehead atoms. The second-order valence-electron chi connectivity index (χ2n) is 11.5. The topological polar surface area (TPSA) is 99.1 Å². The number of carboxylic acids is 1. The number of aliphatic carboxylic acids is 1. The van der Waals surface area contributed by atoms with E-state index in [0.717, 1.165) is 50.5 Å². The van der Waals surface area contributed by atoms with E-state index in [9.17, 15) is 18.8 Å². The maximum absolute atomic E-state index is 14.3. The first-order valence-electron chi connectivity index (χ1n) is 14.5. The number of amides is 2. The van der Waals surface area contributed by atoms with E-state index in [1.54, 1.807) is 18.2 Å². The molecule has 7 nitrogen and oxygen atoms in total. The zero-order valence-corrected chi connectivity index (χ0v) is 24.7. The Morgan fingerprint density at radius 3 is 2.44 bits per heavy atom. The van der Waals surface area contributed by atoms with E-state index in [4.69, 9.17) is 21.7 Å². The molecule has 0 aromatic heterocycles. The molecule has 2 N–H and O–H groups in total. The van der Waals surface area contributed by atoms with Gasteiger partial charge in [-0.1, -0.05) is 57.3 Å². The minimum absolute atomic E-state index is 0.0464. The monoisotopic (exact) mass is 583 g/mol. The van der Waals surface area contributed by atoms with Crippen molar-refractivity contribution >= 4 is 35.1 Å². The van der Waals surface area contributed by atoms with Crippen LogP contribution >= 0.6 is 11.6 Å². The average molecular weight is 584 g/mol. The smallest absolute Gasteiger partial charge is 0.305 e. The molecule has 0 radical (unpaired) electrons. The van der Waals surface area contributed by atoms with Crippen LogP contribution in [-0.2, 0) is 9.59 Å². The van der Waals surface area contributed by atoms with Crippen molar-refractivity contribution in [3.8, 4) is 0 Å². The third-order valence-electron chi connectivity index (χ3n) is 8.48. The number of unbranched alkanes of at least 4 members (excludes halogenated alkanes) is 1. The van der Waals surface area contributed by atoms with E-state index < -0.39 is 17.4 Å². The Balaban J connectivity index is 1.69. The van der Waals surface area contributed by atoms with Crippen LogP contribution in [0.15, 0.2) is 47.5 Å². The van der Waals surface area contributed by atoms with Crippen LogP contribution in [0, 0.1) is 17.7 Å². The van der Waals surface area contributed by atoms with Crippen molar-refractivity contribution in [2.75, 3.05) is 6.54 Å². The van der Waals surface area contributed by atoms with Gasteiger partial charge in [-0.2, -0.15) is 0 Å². The van der Waals surface area contributed by atoms with Crippen molar-refractivity contribution in [2.24, 2.45) is 16.8 Å². The summed E-state index contributed by atoms with van der Waals surface area (Å²) in [5, 5.41) is 11.4. The molecule has 2 aromatic rings. The number of aliphatic imine (C=N–C) groups is 1. The molecule has 2 aliphatic rings. The molecule has 1 spiro atoms. The van der Waals surface area contributed by atoms with Gasteiger partial charge in [-0.05, 0) is 79.8 Å². The second-order valence-corrected chi connectivity index (χ2v) is 11.9. The van der Waals surface area contributed by atoms with E-state index in [2.05, 4.69) is 26.1 Å². The van der Waals surface area contributed by atoms with Gasteiger partial charge >= 0.3 is 5.97 Å². The fourth-order valence-corrected chi connectivity index (χ4v) is 6.26. The van der Waals surface area contributed by atoms with E-state index >= 15 is 0 Å². The Hall–Kier alpha value is -3.26. The van der Waals surface area contributed by atoms with Gasteiger partial charge in [0, 0.05) is 17.7 Å². The number of halogens is 2. The van der Waals surface area contributed by atoms with Crippen molar-refractivity contribution in [2.45, 2.75) is 83.8 Å². The summed E-state index contributed by atoms with van der Waals surface area (Å²) in [4.78, 5) is 44.7. The first-order chi connectivity index (χ1) is 19.6. The van der Waals surface area contributed by atoms with E-state index in [0.29, 0.717) is 28.7 Å². The number of carbonyl (C=O) groups excluding carboxylic acids is 2. The fraction of sp³-hybridized carbons (Fsp3) is 0.500. The Morgan fingerprint density at radius 1 is 1.17 bits per heavy atom. The summed E-state index contributed by atoms with van der Waals surface area (Å²) in [5.74, 6) is -0.948. The molecular weight excluding hydrogens is 545 g/mol. The van der Waals surface area contributed by atoms with Crippen molar-refractivity contribution < 1.29 is 23.9 Å². The van der Waals surface area contributed by atoms with E-state index in [1.165, 1.54) is 12.1 Å². The lowest BCUT2D eigenvalue weighted by atomic mass is 9.76. The summed E-state index contributed by atoms with van der Waals surface area (Å²) < 4.78 is 14.0. The molecule has 0 saturated heterocycles. The van der Waals surface area contributed by atoms with E-state index in [-0.39, 0.29) is 35.8 Å². The van der Waals surface area contributed by atoms with Crippen LogP contribution in [0.1, 0.15) is 99.7 Å². The van der Waals surface area contributed by atoms with Crippen LogP contribution in [0.3, 0.4) is 0 Å². The standard InChI is InChI=1S/C32H39ClFN3O4/c1-4-5-6-27(22-7-9-23(10-8-22)30(40)35-18-15-28(38)39)37-31(41)29(24-11-12-26(34)25(33)19-24)36-32(37)16-13-21(14-17-32)20(2)3/h7-12,19-21,27H,4-6,13-18H2,1-3H3,(H,35,40)(H,38,39). The van der Waals surface area contributed by atoms with Crippen molar-refractivity contribution in [3.05, 3.63) is 70.0 Å². The Morgan fingerprint density at radius 2 is 1.85 bits per heavy atom. The van der Waals surface area contributed by atoms with Crippen molar-refractivity contribution in [3.63, 3.8) is 0 Å². The number of benzene rings is 2. The third-order valence-corrected chi connectivity index (χ3v) is 8.77. The molecule has 4 rings (SSSR count). The van der Waals surface area contributed by atoms with Gasteiger partial charge in [0.15, 0.2) is 0 Å². The number of carboxylic acid groups (broad SMARTS) is 1. The minimum atomic E-state index is -0.976. The minimum Gasteiger partial charge on any atom is -0.481 e. The van der Waals surface area contributed by atoms with Crippen molar-refractivity contribution in [1.82, 2.24) is 10.2 Å². The largest absolute Gasteiger partial charge is 0.481 e. The Bertz CT molecular complexity index is 1300. The number of rotatable bonds is 11. The SMILES string of the molecule is CCCCC(c1ccc(C(=O)NCCC(=O)O)cc1)N1C(=O)C(c2ccc(F)c(Cl)c2)=NC12CCC(C(C)C)CC2. The van der Waals surface area contributed by atoms with Crippen LogP contribution in [-0.4, -0.2) is 45.7 Å². The molecule has 1 aliphatic heterocycles. The van der Waals surface area contributed by atoms with Gasteiger partial charge in [0.1, 0.15) is 17.2 Å². The molecule has 1 aliphatic carbocycles. The molecule has 1 saturated carbocycles.